The Hall–Kier alpha value is -1.99. The number of hydrogen-bond acceptors (Lipinski definition) is 5. The molecule has 0 unspecified atom stereocenters. The Morgan fingerprint density at radius 3 is 2.15 bits per heavy atom. The van der Waals surface area contributed by atoms with E-state index in [9.17, 15) is 4.79 Å². The van der Waals surface area contributed by atoms with Gasteiger partial charge >= 0.3 is 5.97 Å². The van der Waals surface area contributed by atoms with Crippen molar-refractivity contribution in [1.29, 1.82) is 0 Å². The Morgan fingerprint density at radius 1 is 1.03 bits per heavy atom. The molecule has 5 rings (SSSR count). The number of carbonyl (C=O) groups excluding carboxylic acids is 1. The fourth-order valence-corrected chi connectivity index (χ4v) is 12.9. The zero-order valence-electron chi connectivity index (χ0n) is 24.7. The summed E-state index contributed by atoms with van der Waals surface area (Å²) in [5.41, 5.74) is -0.549. The Bertz CT molecular complexity index is 1100. The maximum absolute atomic E-state index is 12.2. The van der Waals surface area contributed by atoms with Crippen LogP contribution in [0, 0.1) is 23.2 Å². The Kier molecular flexibility index (Phi) is 7.64. The monoisotopic (exact) mass is 550 g/mol. The summed E-state index contributed by atoms with van der Waals surface area (Å²) in [6, 6.07) is 21.6. The van der Waals surface area contributed by atoms with Crippen LogP contribution in [0.3, 0.4) is 0 Å². The molecule has 3 fully saturated rings. The third kappa shape index (κ3) is 4.71. The van der Waals surface area contributed by atoms with Crippen LogP contribution in [0.25, 0.3) is 0 Å². The summed E-state index contributed by atoms with van der Waals surface area (Å²) >= 11 is 0. The van der Waals surface area contributed by atoms with Crippen LogP contribution < -0.4 is 10.4 Å². The minimum atomic E-state index is -2.75. The molecule has 3 aliphatic rings. The maximum atomic E-state index is 12.2. The second kappa shape index (κ2) is 10.4. The summed E-state index contributed by atoms with van der Waals surface area (Å²) in [6.45, 7) is 16.4. The van der Waals surface area contributed by atoms with Crippen molar-refractivity contribution in [2.24, 2.45) is 23.2 Å². The fourth-order valence-electron chi connectivity index (χ4n) is 8.30. The van der Waals surface area contributed by atoms with E-state index in [0.717, 1.165) is 25.9 Å². The topological polar surface area (TPSA) is 54.0 Å². The van der Waals surface area contributed by atoms with Crippen LogP contribution in [0.2, 0.25) is 5.04 Å². The first-order valence-electron chi connectivity index (χ1n) is 14.6. The molecule has 0 aromatic heterocycles. The molecule has 212 valence electrons. The third-order valence-electron chi connectivity index (χ3n) is 9.95. The average molecular weight is 551 g/mol. The van der Waals surface area contributed by atoms with Crippen molar-refractivity contribution >= 4 is 24.7 Å². The van der Waals surface area contributed by atoms with Crippen LogP contribution in [0.5, 0.6) is 0 Å². The van der Waals surface area contributed by atoms with Crippen molar-refractivity contribution in [3.05, 3.63) is 60.7 Å². The van der Waals surface area contributed by atoms with E-state index in [-0.39, 0.29) is 52.2 Å². The highest BCUT2D eigenvalue weighted by atomic mass is 28.4. The van der Waals surface area contributed by atoms with Gasteiger partial charge in [-0.2, -0.15) is 0 Å². The van der Waals surface area contributed by atoms with E-state index in [0.29, 0.717) is 6.61 Å². The van der Waals surface area contributed by atoms with E-state index in [2.05, 4.69) is 102 Å². The first-order valence-corrected chi connectivity index (χ1v) is 16.6. The quantitative estimate of drug-likeness (QED) is 0.341. The highest BCUT2D eigenvalue weighted by Crippen LogP contribution is 2.64. The molecule has 6 atom stereocenters. The van der Waals surface area contributed by atoms with Gasteiger partial charge in [-0.05, 0) is 60.4 Å². The summed E-state index contributed by atoms with van der Waals surface area (Å²) in [4.78, 5) is 12.2. The number of ether oxygens (including phenoxy) is 3. The van der Waals surface area contributed by atoms with Crippen molar-refractivity contribution in [1.82, 2.24) is 0 Å². The zero-order valence-corrected chi connectivity index (χ0v) is 25.7. The van der Waals surface area contributed by atoms with Gasteiger partial charge in [0, 0.05) is 31.5 Å². The Balaban J connectivity index is 1.62. The lowest BCUT2D eigenvalue weighted by Crippen LogP contribution is -2.68. The van der Waals surface area contributed by atoms with Gasteiger partial charge in [-0.1, -0.05) is 88.4 Å². The Labute approximate surface area is 235 Å². The zero-order chi connectivity index (χ0) is 28.1. The number of rotatable bonds is 6. The molecule has 1 spiro atoms. The van der Waals surface area contributed by atoms with Crippen molar-refractivity contribution in [3.8, 4) is 0 Å². The molecule has 0 N–H and O–H groups in total. The van der Waals surface area contributed by atoms with Gasteiger partial charge in [-0.15, -0.1) is 0 Å². The molecule has 1 aliphatic carbocycles. The largest absolute Gasteiger partial charge is 0.462 e. The molecule has 0 radical (unpaired) electrons. The molecule has 2 aliphatic heterocycles. The lowest BCUT2D eigenvalue weighted by molar-refractivity contribution is -0.237. The number of hydrogen-bond donors (Lipinski definition) is 0. The van der Waals surface area contributed by atoms with Crippen LogP contribution in [0.1, 0.15) is 67.7 Å². The van der Waals surface area contributed by atoms with Crippen molar-refractivity contribution < 1.29 is 23.4 Å². The predicted octanol–water partition coefficient (Wildman–Crippen LogP) is 5.70. The van der Waals surface area contributed by atoms with E-state index >= 15 is 0 Å². The minimum absolute atomic E-state index is 0.116. The first-order chi connectivity index (χ1) is 18.4. The molecule has 39 heavy (non-hydrogen) atoms. The summed E-state index contributed by atoms with van der Waals surface area (Å²) in [5.74, 6) is 0.227. The number of benzene rings is 2. The lowest BCUT2D eigenvalue weighted by Gasteiger charge is -2.56. The lowest BCUT2D eigenvalue weighted by atomic mass is 9.52. The first kappa shape index (κ1) is 28.5. The van der Waals surface area contributed by atoms with Crippen molar-refractivity contribution in [2.75, 3.05) is 13.2 Å². The highest BCUT2D eigenvalue weighted by Gasteiger charge is 2.68. The molecular formula is C33H46O5Si. The van der Waals surface area contributed by atoms with Gasteiger partial charge in [0.15, 0.2) is 6.29 Å². The van der Waals surface area contributed by atoms with E-state index in [4.69, 9.17) is 18.6 Å². The predicted molar refractivity (Wildman–Crippen MR) is 156 cm³/mol. The van der Waals surface area contributed by atoms with Gasteiger partial charge in [0.05, 0.1) is 5.60 Å². The highest BCUT2D eigenvalue weighted by molar-refractivity contribution is 6.99. The van der Waals surface area contributed by atoms with Crippen LogP contribution in [-0.2, 0) is 23.4 Å². The van der Waals surface area contributed by atoms with Gasteiger partial charge in [-0.25, -0.2) is 0 Å². The fraction of sp³-hybridized carbons (Fsp3) is 0.606. The van der Waals surface area contributed by atoms with Crippen LogP contribution in [0.15, 0.2) is 60.7 Å². The van der Waals surface area contributed by atoms with Gasteiger partial charge in [-0.3, -0.25) is 4.79 Å². The summed E-state index contributed by atoms with van der Waals surface area (Å²) < 4.78 is 26.6. The van der Waals surface area contributed by atoms with Gasteiger partial charge < -0.3 is 18.6 Å². The molecule has 2 saturated heterocycles. The van der Waals surface area contributed by atoms with Gasteiger partial charge in [0.25, 0.3) is 8.32 Å². The standard InChI is InChI=1S/C33H46O5Si/c1-23-27(33-19-14-20-35-30(33)38-32(6,7)29(33)21-28(23)37-24(2)34)22-36-39(31(3,4)5,25-15-10-8-11-16-25)26-17-12-9-13-18-26/h8-13,15-18,23,27-30H,14,19-22H2,1-7H3/t23-,27+,28+,29+,30+,33+/m1/s1. The molecule has 0 bridgehead atoms. The van der Waals surface area contributed by atoms with Gasteiger partial charge in [0.2, 0.25) is 0 Å². The summed E-state index contributed by atoms with van der Waals surface area (Å²) in [6.07, 6.45) is 2.41. The normalized spacial score (nSPS) is 32.2. The van der Waals surface area contributed by atoms with E-state index < -0.39 is 8.32 Å². The number of carbonyl (C=O) groups is 1. The van der Waals surface area contributed by atoms with E-state index in [1.54, 1.807) is 0 Å². The second-order valence-corrected chi connectivity index (χ2v) is 17.8. The maximum Gasteiger partial charge on any atom is 0.302 e. The third-order valence-corrected chi connectivity index (χ3v) is 15.0. The SMILES string of the molecule is CC(=O)O[C@H]1C[C@H]2C(C)(C)O[C@@H]3OCCC[C@@]32[C@@H](CO[Si](c2ccccc2)(c2ccccc2)C(C)(C)C)[C@H]1C. The molecular weight excluding hydrogens is 504 g/mol. The average Bonchev–Trinajstić information content (AvgIpc) is 3.12. The van der Waals surface area contributed by atoms with Crippen molar-refractivity contribution in [3.63, 3.8) is 0 Å². The van der Waals surface area contributed by atoms with Crippen molar-refractivity contribution in [2.45, 2.75) is 90.8 Å². The number of esters is 1. The van der Waals surface area contributed by atoms with Gasteiger partial charge in [0.1, 0.15) is 6.10 Å². The smallest absolute Gasteiger partial charge is 0.302 e. The molecule has 5 nitrogen and oxygen atoms in total. The molecule has 1 saturated carbocycles. The molecule has 0 amide bonds. The molecule has 2 aromatic carbocycles. The van der Waals surface area contributed by atoms with E-state index in [1.807, 2.05) is 0 Å². The Morgan fingerprint density at radius 2 is 1.62 bits per heavy atom. The molecule has 6 heteroatoms. The van der Waals surface area contributed by atoms with E-state index in [1.165, 1.54) is 17.3 Å². The minimum Gasteiger partial charge on any atom is -0.462 e. The summed E-state index contributed by atoms with van der Waals surface area (Å²) in [5, 5.41) is 2.43. The summed E-state index contributed by atoms with van der Waals surface area (Å²) in [7, 11) is -2.75. The van der Waals surface area contributed by atoms with Crippen LogP contribution in [0.4, 0.5) is 0 Å². The molecule has 2 aromatic rings. The second-order valence-electron chi connectivity index (χ2n) is 13.5. The van der Waals surface area contributed by atoms with Crippen LogP contribution >= 0.6 is 0 Å². The van der Waals surface area contributed by atoms with Crippen LogP contribution in [-0.4, -0.2) is 45.5 Å². The molecule has 2 heterocycles.